The first-order valence-electron chi connectivity index (χ1n) is 7.16. The molecule has 1 aliphatic heterocycles. The maximum Gasteiger partial charge on any atom is 0.225 e. The van der Waals surface area contributed by atoms with E-state index in [1.807, 2.05) is 12.4 Å². The minimum atomic E-state index is 0.213. The molecule has 19 heavy (non-hydrogen) atoms. The van der Waals surface area contributed by atoms with E-state index in [0.717, 1.165) is 37.4 Å². The summed E-state index contributed by atoms with van der Waals surface area (Å²) in [4.78, 5) is 11.3. The molecule has 2 N–H and O–H groups in total. The quantitative estimate of drug-likeness (QED) is 0.895. The molecule has 0 amide bonds. The first kappa shape index (κ1) is 14.6. The summed E-state index contributed by atoms with van der Waals surface area (Å²) in [6, 6.07) is 0.213. The number of nitrogens with two attached hydrogens (primary N) is 1. The maximum absolute atomic E-state index is 5.95. The fourth-order valence-electron chi connectivity index (χ4n) is 2.21. The predicted molar refractivity (Wildman–Crippen MR) is 82.8 cm³/mol. The van der Waals surface area contributed by atoms with Crippen LogP contribution in [-0.4, -0.2) is 40.1 Å². The highest BCUT2D eigenvalue weighted by Gasteiger charge is 2.20. The van der Waals surface area contributed by atoms with Gasteiger partial charge in [-0.05, 0) is 24.8 Å². The minimum Gasteiger partial charge on any atom is -0.339 e. The summed E-state index contributed by atoms with van der Waals surface area (Å²) in [5.41, 5.74) is 7.09. The SMILES string of the molecule is CCC(N)Cc1cnc(N2CCSC(CC)C2)nc1. The highest BCUT2D eigenvalue weighted by atomic mass is 32.2. The van der Waals surface area contributed by atoms with Crippen LogP contribution in [0.4, 0.5) is 5.95 Å². The lowest BCUT2D eigenvalue weighted by atomic mass is 10.1. The summed E-state index contributed by atoms with van der Waals surface area (Å²) in [5, 5.41) is 0.713. The standard InChI is InChI=1S/C14H24N4S/c1-3-12(15)7-11-8-16-14(17-9-11)18-5-6-19-13(4-2)10-18/h8-9,12-13H,3-7,10,15H2,1-2H3. The molecule has 2 heterocycles. The van der Waals surface area contributed by atoms with Crippen molar-refractivity contribution in [1.29, 1.82) is 0 Å². The zero-order chi connectivity index (χ0) is 13.7. The second-order valence-corrected chi connectivity index (χ2v) is 6.52. The Hall–Kier alpha value is -0.810. The van der Waals surface area contributed by atoms with E-state index >= 15 is 0 Å². The van der Waals surface area contributed by atoms with Gasteiger partial charge in [0.05, 0.1) is 0 Å². The van der Waals surface area contributed by atoms with Gasteiger partial charge in [0.1, 0.15) is 0 Å². The van der Waals surface area contributed by atoms with Gasteiger partial charge in [-0.3, -0.25) is 0 Å². The van der Waals surface area contributed by atoms with Gasteiger partial charge in [0.25, 0.3) is 0 Å². The van der Waals surface area contributed by atoms with Gasteiger partial charge in [0.2, 0.25) is 5.95 Å². The molecular formula is C14H24N4S. The van der Waals surface area contributed by atoms with Crippen molar-refractivity contribution in [2.75, 3.05) is 23.7 Å². The Labute approximate surface area is 120 Å². The van der Waals surface area contributed by atoms with Crippen molar-refractivity contribution >= 4 is 17.7 Å². The molecule has 4 nitrogen and oxygen atoms in total. The molecule has 0 radical (unpaired) electrons. The Morgan fingerprint density at radius 1 is 1.42 bits per heavy atom. The second kappa shape index (κ2) is 7.10. The molecule has 0 bridgehead atoms. The first-order chi connectivity index (χ1) is 9.22. The Kier molecular flexibility index (Phi) is 5.45. The van der Waals surface area contributed by atoms with Crippen LogP contribution >= 0.6 is 11.8 Å². The number of hydrogen-bond donors (Lipinski definition) is 1. The van der Waals surface area contributed by atoms with Gasteiger partial charge in [-0.2, -0.15) is 11.8 Å². The maximum atomic E-state index is 5.95. The van der Waals surface area contributed by atoms with Gasteiger partial charge in [-0.25, -0.2) is 9.97 Å². The summed E-state index contributed by atoms with van der Waals surface area (Å²) in [7, 11) is 0. The number of nitrogens with zero attached hydrogens (tertiary/aromatic N) is 3. The van der Waals surface area contributed by atoms with Gasteiger partial charge >= 0.3 is 0 Å². The third-order valence-corrected chi connectivity index (χ3v) is 4.96. The van der Waals surface area contributed by atoms with Gasteiger partial charge in [0.15, 0.2) is 0 Å². The normalized spacial score (nSPS) is 21.4. The van der Waals surface area contributed by atoms with Gasteiger partial charge < -0.3 is 10.6 Å². The van der Waals surface area contributed by atoms with Crippen LogP contribution in [0.3, 0.4) is 0 Å². The summed E-state index contributed by atoms with van der Waals surface area (Å²) in [6.45, 7) is 6.47. The second-order valence-electron chi connectivity index (χ2n) is 5.11. The topological polar surface area (TPSA) is 55.0 Å². The summed E-state index contributed by atoms with van der Waals surface area (Å²) >= 11 is 2.06. The largest absolute Gasteiger partial charge is 0.339 e. The molecule has 0 spiro atoms. The highest BCUT2D eigenvalue weighted by molar-refractivity contribution is 8.00. The number of anilines is 1. The minimum absolute atomic E-state index is 0.213. The summed E-state index contributed by atoms with van der Waals surface area (Å²) in [6.07, 6.45) is 6.93. The lowest BCUT2D eigenvalue weighted by Crippen LogP contribution is -2.38. The summed E-state index contributed by atoms with van der Waals surface area (Å²) in [5.74, 6) is 2.04. The van der Waals surface area contributed by atoms with Crippen LogP contribution in [0, 0.1) is 0 Å². The Morgan fingerprint density at radius 2 is 2.16 bits per heavy atom. The van der Waals surface area contributed by atoms with Crippen molar-refractivity contribution in [3.8, 4) is 0 Å². The van der Waals surface area contributed by atoms with Crippen molar-refractivity contribution in [1.82, 2.24) is 9.97 Å². The molecule has 2 atom stereocenters. The van der Waals surface area contributed by atoms with Crippen molar-refractivity contribution < 1.29 is 0 Å². The smallest absolute Gasteiger partial charge is 0.225 e. The average molecular weight is 280 g/mol. The Balaban J connectivity index is 1.97. The molecule has 5 heteroatoms. The van der Waals surface area contributed by atoms with E-state index in [0.29, 0.717) is 5.25 Å². The molecule has 1 aromatic heterocycles. The van der Waals surface area contributed by atoms with Crippen LogP contribution in [0.25, 0.3) is 0 Å². The van der Waals surface area contributed by atoms with Crippen molar-refractivity contribution in [2.45, 2.75) is 44.4 Å². The molecule has 2 rings (SSSR count). The zero-order valence-corrected chi connectivity index (χ0v) is 12.7. The average Bonchev–Trinajstić information content (AvgIpc) is 2.48. The lowest BCUT2D eigenvalue weighted by Gasteiger charge is -2.31. The lowest BCUT2D eigenvalue weighted by molar-refractivity contribution is 0.642. The Morgan fingerprint density at radius 3 is 2.79 bits per heavy atom. The van der Waals surface area contributed by atoms with E-state index in [4.69, 9.17) is 5.73 Å². The number of rotatable bonds is 5. The molecule has 0 aliphatic carbocycles. The highest BCUT2D eigenvalue weighted by Crippen LogP contribution is 2.23. The number of thioether (sulfide) groups is 1. The number of hydrogen-bond acceptors (Lipinski definition) is 5. The van der Waals surface area contributed by atoms with Crippen LogP contribution in [0.1, 0.15) is 32.3 Å². The van der Waals surface area contributed by atoms with Gasteiger partial charge in [-0.15, -0.1) is 0 Å². The molecular weight excluding hydrogens is 256 g/mol. The molecule has 106 valence electrons. The van der Waals surface area contributed by atoms with E-state index in [-0.39, 0.29) is 6.04 Å². The first-order valence-corrected chi connectivity index (χ1v) is 8.20. The molecule has 1 fully saturated rings. The van der Waals surface area contributed by atoms with Crippen LogP contribution in [0.2, 0.25) is 0 Å². The van der Waals surface area contributed by atoms with Gasteiger partial charge in [0, 0.05) is 42.5 Å². The van der Waals surface area contributed by atoms with E-state index in [1.54, 1.807) is 0 Å². The Bertz CT molecular complexity index is 382. The molecule has 2 unspecified atom stereocenters. The van der Waals surface area contributed by atoms with E-state index in [2.05, 4.69) is 40.5 Å². The van der Waals surface area contributed by atoms with Crippen LogP contribution < -0.4 is 10.6 Å². The number of aromatic nitrogens is 2. The summed E-state index contributed by atoms with van der Waals surface area (Å²) < 4.78 is 0. The molecule has 1 aliphatic rings. The van der Waals surface area contributed by atoms with E-state index in [1.165, 1.54) is 12.2 Å². The fraction of sp³-hybridized carbons (Fsp3) is 0.714. The van der Waals surface area contributed by atoms with E-state index < -0.39 is 0 Å². The third kappa shape index (κ3) is 4.08. The van der Waals surface area contributed by atoms with Gasteiger partial charge in [-0.1, -0.05) is 13.8 Å². The fourth-order valence-corrected chi connectivity index (χ4v) is 3.39. The monoisotopic (exact) mass is 280 g/mol. The molecule has 1 saturated heterocycles. The van der Waals surface area contributed by atoms with Crippen LogP contribution in [0.15, 0.2) is 12.4 Å². The molecule has 1 aromatic rings. The third-order valence-electron chi connectivity index (χ3n) is 3.59. The predicted octanol–water partition coefficient (Wildman–Crippen LogP) is 2.09. The van der Waals surface area contributed by atoms with Crippen molar-refractivity contribution in [3.63, 3.8) is 0 Å². The van der Waals surface area contributed by atoms with Crippen LogP contribution in [-0.2, 0) is 6.42 Å². The van der Waals surface area contributed by atoms with E-state index in [9.17, 15) is 0 Å². The van der Waals surface area contributed by atoms with Crippen molar-refractivity contribution in [3.05, 3.63) is 18.0 Å². The molecule has 0 saturated carbocycles. The van der Waals surface area contributed by atoms with Crippen molar-refractivity contribution in [2.24, 2.45) is 5.73 Å². The van der Waals surface area contributed by atoms with Crippen LogP contribution in [0.5, 0.6) is 0 Å². The molecule has 0 aromatic carbocycles. The zero-order valence-electron chi connectivity index (χ0n) is 11.9.